The van der Waals surface area contributed by atoms with E-state index in [0.717, 1.165) is 4.90 Å². The van der Waals surface area contributed by atoms with E-state index in [0.29, 0.717) is 4.47 Å². The Hall–Kier alpha value is -1.28. The molecule has 4 N–H and O–H groups in total. The molecule has 0 atom stereocenters. The summed E-state index contributed by atoms with van der Waals surface area (Å²) in [6.45, 7) is -1.85. The Bertz CT molecular complexity index is 465. The highest BCUT2D eigenvalue weighted by Crippen LogP contribution is 2.29. The van der Waals surface area contributed by atoms with Gasteiger partial charge in [0.2, 0.25) is 0 Å². The lowest BCUT2D eigenvalue weighted by Gasteiger charge is -2.27. The van der Waals surface area contributed by atoms with Gasteiger partial charge in [-0.2, -0.15) is 13.2 Å². The number of amidine groups is 1. The standard InChI is InChI=1S/C11H13BrF3N3O/c12-7-2-1-3-8(9(7)10(16)17)18(4-5-19)6-11(13,14)15/h1-3,19H,4-6H2,(H3,16,17). The van der Waals surface area contributed by atoms with Crippen molar-refractivity contribution in [3.63, 3.8) is 0 Å². The molecule has 0 aliphatic rings. The molecule has 0 unspecified atom stereocenters. The Morgan fingerprint density at radius 2 is 2.05 bits per heavy atom. The van der Waals surface area contributed by atoms with Crippen LogP contribution in [-0.2, 0) is 0 Å². The van der Waals surface area contributed by atoms with E-state index in [2.05, 4.69) is 15.9 Å². The number of hydrogen-bond acceptors (Lipinski definition) is 3. The van der Waals surface area contributed by atoms with Gasteiger partial charge in [-0.15, -0.1) is 0 Å². The van der Waals surface area contributed by atoms with Gasteiger partial charge in [-0.05, 0) is 28.1 Å². The molecule has 0 radical (unpaired) electrons. The summed E-state index contributed by atoms with van der Waals surface area (Å²) in [5, 5.41) is 16.3. The lowest BCUT2D eigenvalue weighted by molar-refractivity contribution is -0.119. The fraction of sp³-hybridized carbons (Fsp3) is 0.364. The topological polar surface area (TPSA) is 73.3 Å². The Morgan fingerprint density at radius 3 is 2.53 bits per heavy atom. The first kappa shape index (κ1) is 15.8. The minimum absolute atomic E-state index is 0.160. The number of nitrogens with one attached hydrogen (secondary N) is 1. The summed E-state index contributed by atoms with van der Waals surface area (Å²) in [7, 11) is 0. The Kier molecular flexibility index (Phi) is 5.19. The fourth-order valence-electron chi connectivity index (χ4n) is 1.66. The Balaban J connectivity index is 3.22. The van der Waals surface area contributed by atoms with Crippen LogP contribution in [0.25, 0.3) is 0 Å². The minimum atomic E-state index is -4.41. The molecule has 19 heavy (non-hydrogen) atoms. The zero-order chi connectivity index (χ0) is 14.6. The van der Waals surface area contributed by atoms with Gasteiger partial charge in [0.1, 0.15) is 12.4 Å². The molecule has 0 aromatic heterocycles. The van der Waals surface area contributed by atoms with Crippen molar-refractivity contribution >= 4 is 27.5 Å². The molecule has 0 aliphatic carbocycles. The zero-order valence-electron chi connectivity index (χ0n) is 9.84. The second-order valence-electron chi connectivity index (χ2n) is 3.81. The van der Waals surface area contributed by atoms with E-state index in [4.69, 9.17) is 16.2 Å². The first-order chi connectivity index (χ1) is 8.76. The van der Waals surface area contributed by atoms with Gasteiger partial charge in [0, 0.05) is 16.7 Å². The maximum absolute atomic E-state index is 12.5. The molecule has 0 amide bonds. The van der Waals surface area contributed by atoms with E-state index >= 15 is 0 Å². The second-order valence-corrected chi connectivity index (χ2v) is 4.66. The molecule has 1 aromatic carbocycles. The summed E-state index contributed by atoms with van der Waals surface area (Å²) < 4.78 is 38.0. The van der Waals surface area contributed by atoms with Crippen LogP contribution in [0.2, 0.25) is 0 Å². The number of halogens is 4. The average Bonchev–Trinajstić information content (AvgIpc) is 2.25. The first-order valence-electron chi connectivity index (χ1n) is 5.31. The van der Waals surface area contributed by atoms with E-state index in [1.54, 1.807) is 12.1 Å². The highest BCUT2D eigenvalue weighted by molar-refractivity contribution is 9.10. The van der Waals surface area contributed by atoms with E-state index in [9.17, 15) is 13.2 Å². The number of alkyl halides is 3. The molecule has 0 saturated carbocycles. The van der Waals surface area contributed by atoms with Crippen molar-refractivity contribution in [2.45, 2.75) is 6.18 Å². The van der Waals surface area contributed by atoms with Gasteiger partial charge < -0.3 is 15.7 Å². The zero-order valence-corrected chi connectivity index (χ0v) is 11.4. The number of hydrogen-bond donors (Lipinski definition) is 3. The number of nitrogens with zero attached hydrogens (tertiary/aromatic N) is 1. The van der Waals surface area contributed by atoms with Crippen LogP contribution in [0.1, 0.15) is 5.56 Å². The molecule has 4 nitrogen and oxygen atoms in total. The smallest absolute Gasteiger partial charge is 0.395 e. The molecule has 0 saturated heterocycles. The van der Waals surface area contributed by atoms with Crippen LogP contribution in [0.15, 0.2) is 22.7 Å². The summed E-state index contributed by atoms with van der Waals surface area (Å²) in [6.07, 6.45) is -4.41. The third-order valence-corrected chi connectivity index (χ3v) is 3.00. The summed E-state index contributed by atoms with van der Waals surface area (Å²) in [4.78, 5) is 0.946. The van der Waals surface area contributed by atoms with Crippen LogP contribution in [0, 0.1) is 5.41 Å². The molecule has 0 spiro atoms. The van der Waals surface area contributed by atoms with Gasteiger partial charge >= 0.3 is 6.18 Å². The number of anilines is 1. The third-order valence-electron chi connectivity index (χ3n) is 2.34. The van der Waals surface area contributed by atoms with Crippen molar-refractivity contribution in [2.75, 3.05) is 24.6 Å². The van der Waals surface area contributed by atoms with Crippen molar-refractivity contribution in [3.05, 3.63) is 28.2 Å². The van der Waals surface area contributed by atoms with E-state index < -0.39 is 19.3 Å². The van der Waals surface area contributed by atoms with Gasteiger partial charge in [-0.3, -0.25) is 5.41 Å². The number of benzene rings is 1. The van der Waals surface area contributed by atoms with Crippen LogP contribution in [-0.4, -0.2) is 36.8 Å². The number of nitrogens with two attached hydrogens (primary N) is 1. The van der Waals surface area contributed by atoms with Crippen LogP contribution < -0.4 is 10.6 Å². The monoisotopic (exact) mass is 339 g/mol. The number of aliphatic hydroxyl groups excluding tert-OH is 1. The van der Waals surface area contributed by atoms with Crippen molar-refractivity contribution < 1.29 is 18.3 Å². The van der Waals surface area contributed by atoms with Crippen molar-refractivity contribution in [1.29, 1.82) is 5.41 Å². The molecule has 8 heteroatoms. The molecule has 1 rings (SSSR count). The SMILES string of the molecule is N=C(N)c1c(Br)cccc1N(CCO)CC(F)(F)F. The quantitative estimate of drug-likeness (QED) is 0.568. The van der Waals surface area contributed by atoms with Crippen LogP contribution in [0.3, 0.4) is 0 Å². The summed E-state index contributed by atoms with van der Waals surface area (Å²) in [5.41, 5.74) is 5.74. The Labute approximate surface area is 116 Å². The number of rotatable bonds is 5. The normalized spacial score (nSPS) is 11.4. The predicted molar refractivity (Wildman–Crippen MR) is 70.5 cm³/mol. The summed E-state index contributed by atoms with van der Waals surface area (Å²) in [5.74, 6) is -0.340. The van der Waals surface area contributed by atoms with E-state index in [-0.39, 0.29) is 23.6 Å². The summed E-state index contributed by atoms with van der Waals surface area (Å²) >= 11 is 3.16. The molecule has 0 aliphatic heterocycles. The van der Waals surface area contributed by atoms with Gasteiger partial charge in [-0.1, -0.05) is 6.07 Å². The van der Waals surface area contributed by atoms with Gasteiger partial charge in [-0.25, -0.2) is 0 Å². The van der Waals surface area contributed by atoms with E-state index in [1.165, 1.54) is 6.07 Å². The molecular formula is C11H13BrF3N3O. The van der Waals surface area contributed by atoms with E-state index in [1.807, 2.05) is 0 Å². The summed E-state index contributed by atoms with van der Waals surface area (Å²) in [6, 6.07) is 4.57. The lowest BCUT2D eigenvalue weighted by Crippen LogP contribution is -2.37. The molecule has 0 fully saturated rings. The average molecular weight is 340 g/mol. The van der Waals surface area contributed by atoms with Crippen LogP contribution in [0.5, 0.6) is 0 Å². The second kappa shape index (κ2) is 6.25. The van der Waals surface area contributed by atoms with Gasteiger partial charge in [0.15, 0.2) is 0 Å². The predicted octanol–water partition coefficient (Wildman–Crippen LogP) is 2.09. The molecule has 1 aromatic rings. The Morgan fingerprint density at radius 1 is 1.42 bits per heavy atom. The largest absolute Gasteiger partial charge is 0.405 e. The highest BCUT2D eigenvalue weighted by atomic mass is 79.9. The van der Waals surface area contributed by atoms with Crippen LogP contribution >= 0.6 is 15.9 Å². The van der Waals surface area contributed by atoms with Gasteiger partial charge in [0.05, 0.1) is 12.2 Å². The molecule has 0 heterocycles. The maximum Gasteiger partial charge on any atom is 0.405 e. The lowest BCUT2D eigenvalue weighted by atomic mass is 10.1. The fourth-order valence-corrected chi connectivity index (χ4v) is 2.23. The maximum atomic E-state index is 12.5. The van der Waals surface area contributed by atoms with Crippen LogP contribution in [0.4, 0.5) is 18.9 Å². The third kappa shape index (κ3) is 4.39. The first-order valence-corrected chi connectivity index (χ1v) is 6.11. The molecule has 0 bridgehead atoms. The number of nitrogen functional groups attached to an aromatic ring is 1. The van der Waals surface area contributed by atoms with Gasteiger partial charge in [0.25, 0.3) is 0 Å². The van der Waals surface area contributed by atoms with Crippen molar-refractivity contribution in [3.8, 4) is 0 Å². The molecule has 106 valence electrons. The van der Waals surface area contributed by atoms with Crippen molar-refractivity contribution in [1.82, 2.24) is 0 Å². The molecular weight excluding hydrogens is 327 g/mol. The highest BCUT2D eigenvalue weighted by Gasteiger charge is 2.32. The minimum Gasteiger partial charge on any atom is -0.395 e. The number of aliphatic hydroxyl groups is 1. The van der Waals surface area contributed by atoms with Crippen molar-refractivity contribution in [2.24, 2.45) is 5.73 Å².